The maximum atomic E-state index is 12.3. The summed E-state index contributed by atoms with van der Waals surface area (Å²) in [5.74, 6) is 0.797. The van der Waals surface area contributed by atoms with Crippen LogP contribution in [-0.4, -0.2) is 73.4 Å². The van der Waals surface area contributed by atoms with Crippen molar-refractivity contribution in [2.45, 2.75) is 32.1 Å². The zero-order valence-corrected chi connectivity index (χ0v) is 12.4. The molecule has 0 aromatic heterocycles. The molecule has 1 N–H and O–H groups in total. The van der Waals surface area contributed by atoms with Gasteiger partial charge in [-0.15, -0.1) is 0 Å². The van der Waals surface area contributed by atoms with Crippen molar-refractivity contribution in [2.24, 2.45) is 5.92 Å². The van der Waals surface area contributed by atoms with Crippen molar-refractivity contribution < 1.29 is 14.6 Å². The summed E-state index contributed by atoms with van der Waals surface area (Å²) >= 11 is 0. The number of carbonyl (C=O) groups excluding carboxylic acids is 1. The van der Waals surface area contributed by atoms with Gasteiger partial charge in [0.1, 0.15) is 0 Å². The van der Waals surface area contributed by atoms with Crippen molar-refractivity contribution in [3.05, 3.63) is 0 Å². The average molecular weight is 284 g/mol. The molecule has 1 heterocycles. The molecule has 20 heavy (non-hydrogen) atoms. The van der Waals surface area contributed by atoms with E-state index in [0.717, 1.165) is 39.4 Å². The topological polar surface area (TPSA) is 53.0 Å². The lowest BCUT2D eigenvalue weighted by molar-refractivity contribution is -0.133. The summed E-state index contributed by atoms with van der Waals surface area (Å²) in [6, 6.07) is 0. The molecule has 1 aliphatic heterocycles. The van der Waals surface area contributed by atoms with Crippen LogP contribution in [0.5, 0.6) is 0 Å². The van der Waals surface area contributed by atoms with Crippen LogP contribution in [0.25, 0.3) is 0 Å². The zero-order valence-electron chi connectivity index (χ0n) is 12.4. The molecule has 0 radical (unpaired) electrons. The highest BCUT2D eigenvalue weighted by Gasteiger charge is 2.22. The molecule has 0 spiro atoms. The van der Waals surface area contributed by atoms with Gasteiger partial charge in [0.05, 0.1) is 19.8 Å². The summed E-state index contributed by atoms with van der Waals surface area (Å²) in [5.41, 5.74) is 0. The van der Waals surface area contributed by atoms with E-state index in [9.17, 15) is 4.79 Å². The Bertz CT molecular complexity index is 287. The van der Waals surface area contributed by atoms with Crippen LogP contribution in [0, 0.1) is 5.92 Å². The first-order valence-electron chi connectivity index (χ1n) is 7.98. The number of carbonyl (C=O) groups is 1. The molecule has 1 saturated carbocycles. The molecular weight excluding hydrogens is 256 g/mol. The number of aliphatic hydroxyl groups is 1. The normalized spacial score (nSPS) is 21.2. The molecule has 0 aromatic rings. The molecular formula is C15H28N2O3. The monoisotopic (exact) mass is 284 g/mol. The SMILES string of the molecule is O=C(CC1CCCC1)N(CCO)CCN1CCOCC1. The molecule has 116 valence electrons. The van der Waals surface area contributed by atoms with Crippen LogP contribution in [0.4, 0.5) is 0 Å². The Morgan fingerprint density at radius 2 is 1.90 bits per heavy atom. The standard InChI is InChI=1S/C15H28N2O3/c18-10-7-17(6-5-16-8-11-20-12-9-16)15(19)13-14-3-1-2-4-14/h14,18H,1-13H2. The fourth-order valence-electron chi connectivity index (χ4n) is 3.16. The van der Waals surface area contributed by atoms with Crippen LogP contribution in [-0.2, 0) is 9.53 Å². The van der Waals surface area contributed by atoms with Crippen molar-refractivity contribution >= 4 is 5.91 Å². The van der Waals surface area contributed by atoms with Crippen molar-refractivity contribution in [1.29, 1.82) is 0 Å². The molecule has 0 atom stereocenters. The third-order valence-corrected chi connectivity index (χ3v) is 4.45. The van der Waals surface area contributed by atoms with Crippen LogP contribution >= 0.6 is 0 Å². The first-order valence-corrected chi connectivity index (χ1v) is 7.98. The van der Waals surface area contributed by atoms with E-state index in [1.165, 1.54) is 25.7 Å². The van der Waals surface area contributed by atoms with E-state index in [0.29, 0.717) is 18.9 Å². The van der Waals surface area contributed by atoms with E-state index >= 15 is 0 Å². The molecule has 0 unspecified atom stereocenters. The number of hydrogen-bond acceptors (Lipinski definition) is 4. The number of rotatable bonds is 7. The summed E-state index contributed by atoms with van der Waals surface area (Å²) < 4.78 is 5.33. The van der Waals surface area contributed by atoms with E-state index in [-0.39, 0.29) is 12.5 Å². The molecule has 0 aromatic carbocycles. The summed E-state index contributed by atoms with van der Waals surface area (Å²) in [7, 11) is 0. The molecule has 2 rings (SSSR count). The average Bonchev–Trinajstić information content (AvgIpc) is 2.97. The number of amides is 1. The Balaban J connectivity index is 1.74. The smallest absolute Gasteiger partial charge is 0.222 e. The van der Waals surface area contributed by atoms with Gasteiger partial charge >= 0.3 is 0 Å². The predicted molar refractivity (Wildman–Crippen MR) is 77.5 cm³/mol. The second kappa shape index (κ2) is 8.60. The molecule has 1 saturated heterocycles. The second-order valence-electron chi connectivity index (χ2n) is 5.91. The number of aliphatic hydroxyl groups excluding tert-OH is 1. The van der Waals surface area contributed by atoms with E-state index in [4.69, 9.17) is 9.84 Å². The summed E-state index contributed by atoms with van der Waals surface area (Å²) in [6.07, 6.45) is 5.60. The Hall–Kier alpha value is -0.650. The third-order valence-electron chi connectivity index (χ3n) is 4.45. The van der Waals surface area contributed by atoms with Gasteiger partial charge in [-0.1, -0.05) is 12.8 Å². The molecule has 2 fully saturated rings. The molecule has 5 heteroatoms. The Morgan fingerprint density at radius 1 is 1.20 bits per heavy atom. The van der Waals surface area contributed by atoms with E-state index in [1.807, 2.05) is 4.90 Å². The zero-order chi connectivity index (χ0) is 14.2. The lowest BCUT2D eigenvalue weighted by Crippen LogP contribution is -2.44. The summed E-state index contributed by atoms with van der Waals surface area (Å²) in [6.45, 7) is 5.61. The highest BCUT2D eigenvalue weighted by Crippen LogP contribution is 2.27. The predicted octanol–water partition coefficient (Wildman–Crippen LogP) is 0.720. The minimum Gasteiger partial charge on any atom is -0.395 e. The highest BCUT2D eigenvalue weighted by molar-refractivity contribution is 5.76. The molecule has 1 aliphatic carbocycles. The van der Waals surface area contributed by atoms with Gasteiger partial charge in [-0.25, -0.2) is 0 Å². The van der Waals surface area contributed by atoms with Gasteiger partial charge < -0.3 is 14.7 Å². The number of nitrogens with zero attached hydrogens (tertiary/aromatic N) is 2. The summed E-state index contributed by atoms with van der Waals surface area (Å²) in [4.78, 5) is 16.5. The second-order valence-corrected chi connectivity index (χ2v) is 5.91. The minimum atomic E-state index is 0.0551. The quantitative estimate of drug-likeness (QED) is 0.748. The van der Waals surface area contributed by atoms with Crippen molar-refractivity contribution in [1.82, 2.24) is 9.80 Å². The maximum Gasteiger partial charge on any atom is 0.222 e. The minimum absolute atomic E-state index is 0.0551. The van der Waals surface area contributed by atoms with Crippen LogP contribution < -0.4 is 0 Å². The van der Waals surface area contributed by atoms with Gasteiger partial charge in [-0.05, 0) is 18.8 Å². The highest BCUT2D eigenvalue weighted by atomic mass is 16.5. The van der Waals surface area contributed by atoms with E-state index < -0.39 is 0 Å². The van der Waals surface area contributed by atoms with Crippen molar-refractivity contribution in [3.8, 4) is 0 Å². The molecule has 5 nitrogen and oxygen atoms in total. The maximum absolute atomic E-state index is 12.3. The van der Waals surface area contributed by atoms with Gasteiger partial charge in [-0.2, -0.15) is 0 Å². The largest absolute Gasteiger partial charge is 0.395 e. The first-order chi connectivity index (χ1) is 9.79. The Kier molecular flexibility index (Phi) is 6.76. The number of morpholine rings is 1. The lowest BCUT2D eigenvalue weighted by Gasteiger charge is -2.30. The van der Waals surface area contributed by atoms with Crippen LogP contribution in [0.1, 0.15) is 32.1 Å². The van der Waals surface area contributed by atoms with Gasteiger partial charge in [0.15, 0.2) is 0 Å². The van der Waals surface area contributed by atoms with Crippen molar-refractivity contribution in [3.63, 3.8) is 0 Å². The van der Waals surface area contributed by atoms with Crippen LogP contribution in [0.2, 0.25) is 0 Å². The van der Waals surface area contributed by atoms with Crippen molar-refractivity contribution in [2.75, 3.05) is 52.5 Å². The number of hydrogen-bond donors (Lipinski definition) is 1. The fraction of sp³-hybridized carbons (Fsp3) is 0.933. The molecule has 1 amide bonds. The molecule has 2 aliphatic rings. The number of ether oxygens (including phenoxy) is 1. The van der Waals surface area contributed by atoms with Crippen LogP contribution in [0.15, 0.2) is 0 Å². The summed E-state index contributed by atoms with van der Waals surface area (Å²) in [5, 5.41) is 9.16. The first kappa shape index (κ1) is 15.7. The van der Waals surface area contributed by atoms with E-state index in [2.05, 4.69) is 4.90 Å². The van der Waals surface area contributed by atoms with Gasteiger partial charge in [-0.3, -0.25) is 9.69 Å². The lowest BCUT2D eigenvalue weighted by atomic mass is 10.0. The van der Waals surface area contributed by atoms with Gasteiger partial charge in [0.25, 0.3) is 0 Å². The van der Waals surface area contributed by atoms with E-state index in [1.54, 1.807) is 0 Å². The third kappa shape index (κ3) is 5.04. The van der Waals surface area contributed by atoms with Crippen LogP contribution in [0.3, 0.4) is 0 Å². The Morgan fingerprint density at radius 3 is 2.55 bits per heavy atom. The molecule has 0 bridgehead atoms. The van der Waals surface area contributed by atoms with Gasteiger partial charge in [0, 0.05) is 39.1 Å². The van der Waals surface area contributed by atoms with Gasteiger partial charge in [0.2, 0.25) is 5.91 Å². The fourth-order valence-corrected chi connectivity index (χ4v) is 3.16. The Labute approximate surface area is 121 Å².